The van der Waals surface area contributed by atoms with Crippen LogP contribution >= 0.6 is 0 Å². The number of aliphatic carboxylic acids is 1. The smallest absolute Gasteiger partial charge is 0.326 e. The van der Waals surface area contributed by atoms with Crippen LogP contribution in [-0.4, -0.2) is 48.1 Å². The number of carboxylic acid groups (broad SMARTS) is 1. The lowest BCUT2D eigenvalue weighted by Crippen LogP contribution is -2.45. The fraction of sp³-hybridized carbons (Fsp3) is 0.600. The van der Waals surface area contributed by atoms with Gasteiger partial charge in [-0.2, -0.15) is 0 Å². The highest BCUT2D eigenvalue weighted by atomic mass is 16.4. The summed E-state index contributed by atoms with van der Waals surface area (Å²) in [5, 5.41) is 11.5. The Bertz CT molecular complexity index is 270. The molecule has 0 saturated heterocycles. The lowest BCUT2D eigenvalue weighted by atomic mass is 10.2. The van der Waals surface area contributed by atoms with Gasteiger partial charge in [0.05, 0.1) is 13.1 Å². The second-order valence-corrected chi connectivity index (χ2v) is 3.07. The number of likely N-dealkylation sites (N-methyl/N-ethyl adjacent to an activating group) is 1. The number of nitrogens with one attached hydrogen (secondary N) is 1. The lowest BCUT2D eigenvalue weighted by Gasteiger charge is -2.23. The van der Waals surface area contributed by atoms with Crippen molar-refractivity contribution < 1.29 is 14.7 Å². The van der Waals surface area contributed by atoms with Gasteiger partial charge in [0, 0.05) is 7.05 Å². The molecule has 2 N–H and O–H groups in total. The first-order valence-electron chi connectivity index (χ1n) is 4.67. The number of terminal acetylenes is 1. The summed E-state index contributed by atoms with van der Waals surface area (Å²) >= 11 is 0. The number of rotatable bonds is 6. The maximum atomic E-state index is 11.5. The second-order valence-electron chi connectivity index (χ2n) is 3.07. The number of carbonyl (C=O) groups is 2. The van der Waals surface area contributed by atoms with Gasteiger partial charge in [-0.15, -0.1) is 6.42 Å². The van der Waals surface area contributed by atoms with Gasteiger partial charge in [0.2, 0.25) is 5.91 Å². The molecule has 0 aliphatic heterocycles. The Morgan fingerprint density at radius 3 is 2.60 bits per heavy atom. The summed E-state index contributed by atoms with van der Waals surface area (Å²) in [6, 6.07) is -0.773. The Morgan fingerprint density at radius 1 is 1.60 bits per heavy atom. The molecule has 0 aromatic heterocycles. The van der Waals surface area contributed by atoms with Crippen LogP contribution in [0.2, 0.25) is 0 Å². The van der Waals surface area contributed by atoms with E-state index in [0.717, 1.165) is 0 Å². The first-order chi connectivity index (χ1) is 7.04. The van der Waals surface area contributed by atoms with Crippen molar-refractivity contribution >= 4 is 11.9 Å². The number of carboxylic acids is 1. The molecule has 0 bridgehead atoms. The fourth-order valence-corrected chi connectivity index (χ4v) is 1.15. The van der Waals surface area contributed by atoms with E-state index in [1.54, 1.807) is 6.92 Å². The number of nitrogens with zero attached hydrogens (tertiary/aromatic N) is 1. The van der Waals surface area contributed by atoms with Crippen LogP contribution in [0.4, 0.5) is 0 Å². The van der Waals surface area contributed by atoms with Crippen molar-refractivity contribution in [3.05, 3.63) is 0 Å². The highest BCUT2D eigenvalue weighted by molar-refractivity contribution is 5.84. The SMILES string of the molecule is C#CCNCC(=O)N(C)C(CC)C(=O)O. The third-order valence-corrected chi connectivity index (χ3v) is 2.04. The number of amides is 1. The van der Waals surface area contributed by atoms with Crippen LogP contribution < -0.4 is 5.32 Å². The van der Waals surface area contributed by atoms with E-state index in [0.29, 0.717) is 13.0 Å². The fourth-order valence-electron chi connectivity index (χ4n) is 1.15. The van der Waals surface area contributed by atoms with E-state index in [-0.39, 0.29) is 12.5 Å². The Labute approximate surface area is 89.4 Å². The molecular weight excluding hydrogens is 196 g/mol. The van der Waals surface area contributed by atoms with Crippen molar-refractivity contribution in [1.29, 1.82) is 0 Å². The Morgan fingerprint density at radius 2 is 2.20 bits per heavy atom. The molecular formula is C10H16N2O3. The van der Waals surface area contributed by atoms with Gasteiger partial charge in [0.15, 0.2) is 0 Å². The van der Waals surface area contributed by atoms with Gasteiger partial charge in [-0.05, 0) is 6.42 Å². The second kappa shape index (κ2) is 6.85. The summed E-state index contributed by atoms with van der Waals surface area (Å²) in [6.45, 7) is 2.07. The minimum absolute atomic E-state index is 0.0600. The van der Waals surface area contributed by atoms with Crippen LogP contribution in [0.5, 0.6) is 0 Å². The molecule has 84 valence electrons. The largest absolute Gasteiger partial charge is 0.480 e. The molecule has 0 aromatic rings. The maximum absolute atomic E-state index is 11.5. The number of hydrogen-bond acceptors (Lipinski definition) is 3. The quantitative estimate of drug-likeness (QED) is 0.461. The molecule has 0 fully saturated rings. The molecule has 0 aliphatic rings. The molecule has 0 heterocycles. The van der Waals surface area contributed by atoms with E-state index in [2.05, 4.69) is 11.2 Å². The van der Waals surface area contributed by atoms with E-state index in [1.165, 1.54) is 11.9 Å². The minimum Gasteiger partial charge on any atom is -0.480 e. The normalized spacial score (nSPS) is 11.5. The molecule has 0 aliphatic carbocycles. The Kier molecular flexibility index (Phi) is 6.14. The van der Waals surface area contributed by atoms with E-state index in [4.69, 9.17) is 11.5 Å². The molecule has 0 aromatic carbocycles. The summed E-state index contributed by atoms with van der Waals surface area (Å²) in [7, 11) is 1.47. The van der Waals surface area contributed by atoms with Crippen LogP contribution in [0.1, 0.15) is 13.3 Å². The molecule has 0 rings (SSSR count). The molecule has 5 heteroatoms. The van der Waals surface area contributed by atoms with Crippen LogP contribution in [0, 0.1) is 12.3 Å². The Balaban J connectivity index is 4.18. The summed E-state index contributed by atoms with van der Waals surface area (Å²) in [4.78, 5) is 23.4. The number of hydrogen-bond donors (Lipinski definition) is 2. The first-order valence-corrected chi connectivity index (χ1v) is 4.67. The van der Waals surface area contributed by atoms with Gasteiger partial charge >= 0.3 is 5.97 Å². The predicted octanol–water partition coefficient (Wildman–Crippen LogP) is -0.469. The van der Waals surface area contributed by atoms with E-state index in [1.807, 2.05) is 0 Å². The van der Waals surface area contributed by atoms with Gasteiger partial charge < -0.3 is 10.0 Å². The Hall–Kier alpha value is -1.54. The highest BCUT2D eigenvalue weighted by Gasteiger charge is 2.23. The summed E-state index contributed by atoms with van der Waals surface area (Å²) in [6.07, 6.45) is 5.38. The standard InChI is InChI=1S/C10H16N2O3/c1-4-6-11-7-9(13)12(3)8(5-2)10(14)15/h1,8,11H,5-7H2,2-3H3,(H,14,15). The van der Waals surface area contributed by atoms with Crippen LogP contribution in [0.15, 0.2) is 0 Å². The molecule has 5 nitrogen and oxygen atoms in total. The predicted molar refractivity (Wildman–Crippen MR) is 56.2 cm³/mol. The summed E-state index contributed by atoms with van der Waals surface area (Å²) in [5.41, 5.74) is 0. The first kappa shape index (κ1) is 13.5. The van der Waals surface area contributed by atoms with Crippen molar-refractivity contribution in [2.45, 2.75) is 19.4 Å². The summed E-state index contributed by atoms with van der Waals surface area (Å²) < 4.78 is 0. The van der Waals surface area contributed by atoms with Crippen LogP contribution in [-0.2, 0) is 9.59 Å². The zero-order valence-corrected chi connectivity index (χ0v) is 8.99. The van der Waals surface area contributed by atoms with E-state index >= 15 is 0 Å². The van der Waals surface area contributed by atoms with Gasteiger partial charge in [0.25, 0.3) is 0 Å². The number of carbonyl (C=O) groups excluding carboxylic acids is 1. The van der Waals surface area contributed by atoms with Crippen molar-refractivity contribution in [2.75, 3.05) is 20.1 Å². The molecule has 0 spiro atoms. The van der Waals surface area contributed by atoms with Crippen molar-refractivity contribution in [3.8, 4) is 12.3 Å². The lowest BCUT2D eigenvalue weighted by molar-refractivity contribution is -0.148. The van der Waals surface area contributed by atoms with Crippen molar-refractivity contribution in [2.24, 2.45) is 0 Å². The maximum Gasteiger partial charge on any atom is 0.326 e. The molecule has 1 atom stereocenters. The average Bonchev–Trinajstić information content (AvgIpc) is 2.18. The van der Waals surface area contributed by atoms with Crippen molar-refractivity contribution in [3.63, 3.8) is 0 Å². The van der Waals surface area contributed by atoms with Gasteiger partial charge in [-0.25, -0.2) is 4.79 Å². The topological polar surface area (TPSA) is 69.6 Å². The molecule has 1 amide bonds. The molecule has 15 heavy (non-hydrogen) atoms. The van der Waals surface area contributed by atoms with Gasteiger partial charge in [-0.3, -0.25) is 10.1 Å². The molecule has 0 radical (unpaired) electrons. The van der Waals surface area contributed by atoms with Gasteiger partial charge in [-0.1, -0.05) is 12.8 Å². The van der Waals surface area contributed by atoms with Crippen LogP contribution in [0.25, 0.3) is 0 Å². The van der Waals surface area contributed by atoms with Crippen LogP contribution in [0.3, 0.4) is 0 Å². The molecule has 0 saturated carbocycles. The zero-order valence-electron chi connectivity index (χ0n) is 8.99. The van der Waals surface area contributed by atoms with E-state index < -0.39 is 12.0 Å². The van der Waals surface area contributed by atoms with Gasteiger partial charge in [0.1, 0.15) is 6.04 Å². The average molecular weight is 212 g/mol. The third kappa shape index (κ3) is 4.47. The minimum atomic E-state index is -0.995. The molecule has 1 unspecified atom stereocenters. The van der Waals surface area contributed by atoms with Crippen molar-refractivity contribution in [1.82, 2.24) is 10.2 Å². The summed E-state index contributed by atoms with van der Waals surface area (Å²) in [5.74, 6) is 1.06. The highest BCUT2D eigenvalue weighted by Crippen LogP contribution is 2.01. The third-order valence-electron chi connectivity index (χ3n) is 2.04. The zero-order chi connectivity index (χ0) is 11.8. The monoisotopic (exact) mass is 212 g/mol. The van der Waals surface area contributed by atoms with E-state index in [9.17, 15) is 9.59 Å².